The van der Waals surface area contributed by atoms with E-state index in [0.29, 0.717) is 0 Å². The predicted octanol–water partition coefficient (Wildman–Crippen LogP) is 4.18. The normalized spacial score (nSPS) is 17.1. The molecule has 0 bridgehead atoms. The van der Waals surface area contributed by atoms with Crippen LogP contribution in [0.4, 0.5) is 4.39 Å². The topological polar surface area (TPSA) is 44.4 Å². The van der Waals surface area contributed by atoms with Gasteiger partial charge in [0.05, 0.1) is 24.2 Å². The molecular weight excluding hydrogens is 343 g/mol. The van der Waals surface area contributed by atoms with Gasteiger partial charge in [0.1, 0.15) is 11.5 Å². The van der Waals surface area contributed by atoms with Gasteiger partial charge in [0.15, 0.2) is 0 Å². The number of fused-ring (bicyclic) bond motifs is 2. The van der Waals surface area contributed by atoms with Crippen LogP contribution in [0.25, 0.3) is 27.9 Å². The molecular formula is C21H17FN4O. The molecule has 134 valence electrons. The molecule has 2 aliphatic rings. The van der Waals surface area contributed by atoms with E-state index in [0.717, 1.165) is 46.9 Å². The summed E-state index contributed by atoms with van der Waals surface area (Å²) in [6.45, 7) is 1.62. The van der Waals surface area contributed by atoms with E-state index in [2.05, 4.69) is 11.2 Å². The van der Waals surface area contributed by atoms with E-state index in [1.807, 2.05) is 27.5 Å². The highest BCUT2D eigenvalue weighted by Gasteiger charge is 2.48. The Bertz CT molecular complexity index is 1170. The van der Waals surface area contributed by atoms with Crippen LogP contribution in [0.1, 0.15) is 12.8 Å². The summed E-state index contributed by atoms with van der Waals surface area (Å²) in [4.78, 5) is 0. The number of nitrogens with zero attached hydrogens (tertiary/aromatic N) is 4. The van der Waals surface area contributed by atoms with Crippen molar-refractivity contribution in [3.8, 4) is 28.3 Å². The Hall–Kier alpha value is -3.15. The first kappa shape index (κ1) is 15.0. The number of hydrogen-bond acceptors (Lipinski definition) is 3. The molecule has 1 aromatic carbocycles. The standard InChI is InChI=1S/C21H17FN4O/c22-16-3-1-14(2-4-16)19-18(15-6-10-25-17(11-15)5-9-23-25)20-26(24-19)12-21(7-8-21)13-27-20/h1-6,9-11H,7-8,12-13H2. The van der Waals surface area contributed by atoms with Gasteiger partial charge in [0.2, 0.25) is 5.88 Å². The summed E-state index contributed by atoms with van der Waals surface area (Å²) in [6, 6.07) is 12.6. The van der Waals surface area contributed by atoms with Crippen molar-refractivity contribution >= 4 is 5.52 Å². The lowest BCUT2D eigenvalue weighted by Gasteiger charge is -2.24. The Labute approximate surface area is 155 Å². The van der Waals surface area contributed by atoms with Gasteiger partial charge in [-0.2, -0.15) is 10.2 Å². The van der Waals surface area contributed by atoms with Gasteiger partial charge in [-0.15, -0.1) is 0 Å². The zero-order chi connectivity index (χ0) is 18.0. The number of benzene rings is 1. The summed E-state index contributed by atoms with van der Waals surface area (Å²) in [7, 11) is 0. The van der Waals surface area contributed by atoms with Crippen molar-refractivity contribution < 1.29 is 9.13 Å². The lowest BCUT2D eigenvalue weighted by Crippen LogP contribution is -2.27. The second kappa shape index (κ2) is 5.19. The van der Waals surface area contributed by atoms with Crippen LogP contribution in [-0.4, -0.2) is 26.0 Å². The summed E-state index contributed by atoms with van der Waals surface area (Å²) in [5.41, 5.74) is 4.95. The molecule has 1 spiro atoms. The van der Waals surface area contributed by atoms with Gasteiger partial charge in [-0.05, 0) is 60.9 Å². The highest BCUT2D eigenvalue weighted by atomic mass is 19.1. The largest absolute Gasteiger partial charge is 0.477 e. The van der Waals surface area contributed by atoms with Gasteiger partial charge in [-0.3, -0.25) is 0 Å². The van der Waals surface area contributed by atoms with Gasteiger partial charge < -0.3 is 4.74 Å². The van der Waals surface area contributed by atoms with Gasteiger partial charge in [0, 0.05) is 23.4 Å². The Morgan fingerprint density at radius 1 is 1.04 bits per heavy atom. The molecule has 4 aromatic rings. The van der Waals surface area contributed by atoms with Crippen LogP contribution in [0.2, 0.25) is 0 Å². The van der Waals surface area contributed by atoms with E-state index in [4.69, 9.17) is 9.84 Å². The highest BCUT2D eigenvalue weighted by molar-refractivity contribution is 5.86. The molecule has 1 saturated carbocycles. The monoisotopic (exact) mass is 360 g/mol. The summed E-state index contributed by atoms with van der Waals surface area (Å²) < 4.78 is 23.5. The van der Waals surface area contributed by atoms with Crippen molar-refractivity contribution in [3.05, 3.63) is 60.7 Å². The Balaban J connectivity index is 1.58. The maximum absolute atomic E-state index is 13.4. The highest BCUT2D eigenvalue weighted by Crippen LogP contribution is 2.52. The average Bonchev–Trinajstić information content (AvgIpc) is 3.12. The molecule has 0 unspecified atom stereocenters. The third kappa shape index (κ3) is 2.29. The Morgan fingerprint density at radius 3 is 2.70 bits per heavy atom. The molecule has 1 aliphatic carbocycles. The van der Waals surface area contributed by atoms with Crippen LogP contribution in [0.5, 0.6) is 5.88 Å². The lowest BCUT2D eigenvalue weighted by molar-refractivity contribution is 0.149. The number of pyridine rings is 1. The van der Waals surface area contributed by atoms with Crippen LogP contribution >= 0.6 is 0 Å². The van der Waals surface area contributed by atoms with E-state index >= 15 is 0 Å². The molecule has 3 aromatic heterocycles. The van der Waals surface area contributed by atoms with Crippen molar-refractivity contribution in [2.24, 2.45) is 5.41 Å². The molecule has 0 radical (unpaired) electrons. The second-order valence-electron chi connectivity index (χ2n) is 7.60. The van der Waals surface area contributed by atoms with Crippen molar-refractivity contribution in [2.75, 3.05) is 6.61 Å². The number of aromatic nitrogens is 4. The Kier molecular flexibility index (Phi) is 2.88. The molecule has 5 nitrogen and oxygen atoms in total. The molecule has 27 heavy (non-hydrogen) atoms. The first-order chi connectivity index (χ1) is 13.2. The van der Waals surface area contributed by atoms with Crippen molar-refractivity contribution in [1.29, 1.82) is 0 Å². The summed E-state index contributed by atoms with van der Waals surface area (Å²) in [5.74, 6) is 0.550. The molecule has 6 heteroatoms. The fraction of sp³-hybridized carbons (Fsp3) is 0.238. The number of hydrogen-bond donors (Lipinski definition) is 0. The van der Waals surface area contributed by atoms with Crippen LogP contribution in [0.15, 0.2) is 54.9 Å². The molecule has 1 fully saturated rings. The van der Waals surface area contributed by atoms with E-state index in [1.165, 1.54) is 25.0 Å². The van der Waals surface area contributed by atoms with E-state index in [9.17, 15) is 4.39 Å². The maximum atomic E-state index is 13.4. The van der Waals surface area contributed by atoms with Crippen LogP contribution in [-0.2, 0) is 6.54 Å². The molecule has 0 saturated heterocycles. The quantitative estimate of drug-likeness (QED) is 0.539. The third-order valence-corrected chi connectivity index (χ3v) is 5.67. The van der Waals surface area contributed by atoms with Crippen LogP contribution in [0, 0.1) is 11.2 Å². The Morgan fingerprint density at radius 2 is 1.89 bits per heavy atom. The first-order valence-corrected chi connectivity index (χ1v) is 9.14. The first-order valence-electron chi connectivity index (χ1n) is 9.14. The van der Waals surface area contributed by atoms with Crippen molar-refractivity contribution in [2.45, 2.75) is 19.4 Å². The molecule has 4 heterocycles. The lowest BCUT2D eigenvalue weighted by atomic mass is 10.0. The van der Waals surface area contributed by atoms with Crippen LogP contribution in [0.3, 0.4) is 0 Å². The summed E-state index contributed by atoms with van der Waals surface area (Å²) in [5, 5.41) is 9.15. The molecule has 1 aliphatic heterocycles. The minimum Gasteiger partial charge on any atom is -0.477 e. The number of ether oxygens (including phenoxy) is 1. The van der Waals surface area contributed by atoms with Crippen molar-refractivity contribution in [3.63, 3.8) is 0 Å². The van der Waals surface area contributed by atoms with E-state index in [1.54, 1.807) is 18.3 Å². The molecule has 0 N–H and O–H groups in total. The van der Waals surface area contributed by atoms with Gasteiger partial charge in [-0.25, -0.2) is 13.6 Å². The molecule has 0 atom stereocenters. The van der Waals surface area contributed by atoms with E-state index < -0.39 is 0 Å². The minimum atomic E-state index is -0.252. The van der Waals surface area contributed by atoms with E-state index in [-0.39, 0.29) is 11.2 Å². The van der Waals surface area contributed by atoms with Gasteiger partial charge in [0.25, 0.3) is 0 Å². The SMILES string of the molecule is Fc1ccc(-c2nn3c(c2-c2ccn4nccc4c2)OCC2(CC2)C3)cc1. The van der Waals surface area contributed by atoms with Crippen LogP contribution < -0.4 is 4.74 Å². The van der Waals surface area contributed by atoms with Gasteiger partial charge >= 0.3 is 0 Å². The van der Waals surface area contributed by atoms with Crippen molar-refractivity contribution in [1.82, 2.24) is 19.4 Å². The zero-order valence-electron chi connectivity index (χ0n) is 14.6. The second-order valence-corrected chi connectivity index (χ2v) is 7.60. The fourth-order valence-electron chi connectivity index (χ4n) is 3.91. The smallest absolute Gasteiger partial charge is 0.220 e. The molecule has 6 rings (SSSR count). The maximum Gasteiger partial charge on any atom is 0.220 e. The van der Waals surface area contributed by atoms with Gasteiger partial charge in [-0.1, -0.05) is 0 Å². The molecule has 0 amide bonds. The third-order valence-electron chi connectivity index (χ3n) is 5.67. The average molecular weight is 360 g/mol. The number of halogens is 1. The predicted molar refractivity (Wildman–Crippen MR) is 99.0 cm³/mol. The fourth-order valence-corrected chi connectivity index (χ4v) is 3.91. The zero-order valence-corrected chi connectivity index (χ0v) is 14.6. The number of rotatable bonds is 2. The summed E-state index contributed by atoms with van der Waals surface area (Å²) in [6.07, 6.45) is 6.10. The summed E-state index contributed by atoms with van der Waals surface area (Å²) >= 11 is 0. The minimum absolute atomic E-state index is 0.252.